The summed E-state index contributed by atoms with van der Waals surface area (Å²) in [5.74, 6) is 0.916. The van der Waals surface area contributed by atoms with Crippen LogP contribution in [0.25, 0.3) is 0 Å². The van der Waals surface area contributed by atoms with Crippen LogP contribution < -0.4 is 10.6 Å². The lowest BCUT2D eigenvalue weighted by atomic mass is 10.2. The molecule has 126 valence electrons. The molecule has 0 radical (unpaired) electrons. The molecule has 1 unspecified atom stereocenters. The normalized spacial score (nSPS) is 23.3. The van der Waals surface area contributed by atoms with Crippen molar-refractivity contribution in [2.75, 3.05) is 26.7 Å². The summed E-state index contributed by atoms with van der Waals surface area (Å²) in [5, 5.41) is 6.99. The maximum absolute atomic E-state index is 4.36. The molecule has 1 aromatic heterocycles. The molecule has 0 spiro atoms. The van der Waals surface area contributed by atoms with E-state index in [1.165, 1.54) is 38.6 Å². The van der Waals surface area contributed by atoms with E-state index in [0.29, 0.717) is 6.04 Å². The molecule has 0 bridgehead atoms. The second-order valence-electron chi connectivity index (χ2n) is 6.63. The Morgan fingerprint density at radius 1 is 1.30 bits per heavy atom. The number of hydrogen-bond acceptors (Lipinski definition) is 3. The Labute approximate surface area is 139 Å². The number of nitrogens with zero attached hydrogens (tertiary/aromatic N) is 3. The summed E-state index contributed by atoms with van der Waals surface area (Å²) in [6, 6.07) is 7.41. The largest absolute Gasteiger partial charge is 0.356 e. The minimum absolute atomic E-state index is 0.525. The first-order valence-corrected chi connectivity index (χ1v) is 8.96. The van der Waals surface area contributed by atoms with Gasteiger partial charge >= 0.3 is 0 Å². The molecule has 2 heterocycles. The fourth-order valence-electron chi connectivity index (χ4n) is 3.75. The summed E-state index contributed by atoms with van der Waals surface area (Å²) < 4.78 is 0. The van der Waals surface area contributed by atoms with Crippen molar-refractivity contribution >= 4 is 5.96 Å². The number of rotatable bonds is 5. The topological polar surface area (TPSA) is 52.6 Å². The summed E-state index contributed by atoms with van der Waals surface area (Å²) in [6.45, 7) is 3.24. The Balaban J connectivity index is 1.39. The molecule has 3 rings (SSSR count). The first-order valence-electron chi connectivity index (χ1n) is 8.96. The standard InChI is InChI=1S/C18H29N5/c1-19-18(21-12-9-15-6-4-5-11-20-15)22-16-10-13-23(14-16)17-7-2-3-8-17/h4-6,11,16-17H,2-3,7-10,12-14H2,1H3,(H2,19,21,22). The predicted octanol–water partition coefficient (Wildman–Crippen LogP) is 1.81. The summed E-state index contributed by atoms with van der Waals surface area (Å²) in [7, 11) is 1.85. The molecule has 1 aromatic rings. The number of hydrogen-bond donors (Lipinski definition) is 2. The van der Waals surface area contributed by atoms with Gasteiger partial charge in [0.1, 0.15) is 0 Å². The summed E-state index contributed by atoms with van der Waals surface area (Å²) >= 11 is 0. The molecule has 1 saturated carbocycles. The third-order valence-corrected chi connectivity index (χ3v) is 5.02. The number of aliphatic imine (C=N–C) groups is 1. The SMILES string of the molecule is CN=C(NCCc1ccccn1)NC1CCN(C2CCCC2)C1. The van der Waals surface area contributed by atoms with Crippen LogP contribution in [0.1, 0.15) is 37.8 Å². The molecule has 0 amide bonds. The fourth-order valence-corrected chi connectivity index (χ4v) is 3.75. The van der Waals surface area contributed by atoms with Crippen LogP contribution in [0.2, 0.25) is 0 Å². The Morgan fingerprint density at radius 3 is 2.91 bits per heavy atom. The molecule has 2 fully saturated rings. The van der Waals surface area contributed by atoms with Crippen LogP contribution in [-0.4, -0.2) is 54.6 Å². The second-order valence-corrected chi connectivity index (χ2v) is 6.63. The van der Waals surface area contributed by atoms with Crippen molar-refractivity contribution in [1.29, 1.82) is 0 Å². The number of pyridine rings is 1. The van der Waals surface area contributed by atoms with Gasteiger partial charge in [-0.15, -0.1) is 0 Å². The van der Waals surface area contributed by atoms with Crippen molar-refractivity contribution in [3.05, 3.63) is 30.1 Å². The number of aromatic nitrogens is 1. The molecule has 1 aliphatic carbocycles. The highest BCUT2D eigenvalue weighted by Crippen LogP contribution is 2.26. The van der Waals surface area contributed by atoms with Gasteiger partial charge in [0.2, 0.25) is 0 Å². The number of guanidine groups is 1. The highest BCUT2D eigenvalue weighted by molar-refractivity contribution is 5.80. The van der Waals surface area contributed by atoms with Gasteiger partial charge in [0, 0.05) is 57.1 Å². The van der Waals surface area contributed by atoms with Crippen LogP contribution in [0.5, 0.6) is 0 Å². The lowest BCUT2D eigenvalue weighted by Gasteiger charge is -2.24. The van der Waals surface area contributed by atoms with E-state index >= 15 is 0 Å². The monoisotopic (exact) mass is 315 g/mol. The van der Waals surface area contributed by atoms with E-state index in [-0.39, 0.29) is 0 Å². The number of likely N-dealkylation sites (tertiary alicyclic amines) is 1. The van der Waals surface area contributed by atoms with Crippen molar-refractivity contribution in [1.82, 2.24) is 20.5 Å². The van der Waals surface area contributed by atoms with Crippen LogP contribution in [0, 0.1) is 0 Å². The molecular formula is C18H29N5. The molecule has 0 aromatic carbocycles. The molecule has 5 nitrogen and oxygen atoms in total. The van der Waals surface area contributed by atoms with Crippen molar-refractivity contribution < 1.29 is 0 Å². The van der Waals surface area contributed by atoms with Crippen LogP contribution in [-0.2, 0) is 6.42 Å². The van der Waals surface area contributed by atoms with Gasteiger partial charge in [-0.1, -0.05) is 18.9 Å². The maximum Gasteiger partial charge on any atom is 0.191 e. The van der Waals surface area contributed by atoms with Gasteiger partial charge in [0.25, 0.3) is 0 Å². The molecular weight excluding hydrogens is 286 g/mol. The van der Waals surface area contributed by atoms with Gasteiger partial charge in [-0.25, -0.2) is 0 Å². The van der Waals surface area contributed by atoms with Gasteiger partial charge in [0.15, 0.2) is 5.96 Å². The zero-order valence-corrected chi connectivity index (χ0v) is 14.2. The van der Waals surface area contributed by atoms with Crippen LogP contribution in [0.15, 0.2) is 29.4 Å². The van der Waals surface area contributed by atoms with E-state index in [1.54, 1.807) is 0 Å². The number of nitrogens with one attached hydrogen (secondary N) is 2. The fraction of sp³-hybridized carbons (Fsp3) is 0.667. The second kappa shape index (κ2) is 8.29. The zero-order valence-electron chi connectivity index (χ0n) is 14.2. The molecule has 23 heavy (non-hydrogen) atoms. The highest BCUT2D eigenvalue weighted by Gasteiger charge is 2.30. The zero-order chi connectivity index (χ0) is 15.9. The van der Waals surface area contributed by atoms with Crippen LogP contribution >= 0.6 is 0 Å². The lowest BCUT2D eigenvalue weighted by Crippen LogP contribution is -2.45. The van der Waals surface area contributed by atoms with E-state index in [2.05, 4.69) is 31.6 Å². The van der Waals surface area contributed by atoms with E-state index in [9.17, 15) is 0 Å². The smallest absolute Gasteiger partial charge is 0.191 e. The van der Waals surface area contributed by atoms with Gasteiger partial charge in [-0.3, -0.25) is 14.9 Å². The maximum atomic E-state index is 4.36. The lowest BCUT2D eigenvalue weighted by molar-refractivity contribution is 0.242. The van der Waals surface area contributed by atoms with Gasteiger partial charge in [-0.2, -0.15) is 0 Å². The minimum Gasteiger partial charge on any atom is -0.356 e. The summed E-state index contributed by atoms with van der Waals surface area (Å²) in [6.07, 6.45) is 9.59. The predicted molar refractivity (Wildman–Crippen MR) is 94.7 cm³/mol. The molecule has 2 N–H and O–H groups in total. The molecule has 1 aliphatic heterocycles. The molecule has 1 saturated heterocycles. The highest BCUT2D eigenvalue weighted by atomic mass is 15.3. The average molecular weight is 315 g/mol. The first kappa shape index (κ1) is 16.2. The third kappa shape index (κ3) is 4.67. The van der Waals surface area contributed by atoms with Crippen molar-refractivity contribution in [3.63, 3.8) is 0 Å². The van der Waals surface area contributed by atoms with E-state index in [0.717, 1.165) is 37.2 Å². The average Bonchev–Trinajstić information content (AvgIpc) is 3.26. The van der Waals surface area contributed by atoms with Crippen molar-refractivity contribution in [2.45, 2.75) is 50.6 Å². The Hall–Kier alpha value is -1.62. The Bertz CT molecular complexity index is 495. The molecule has 2 aliphatic rings. The third-order valence-electron chi connectivity index (χ3n) is 5.02. The first-order chi connectivity index (χ1) is 11.3. The van der Waals surface area contributed by atoms with E-state index in [4.69, 9.17) is 0 Å². The Kier molecular flexibility index (Phi) is 5.86. The minimum atomic E-state index is 0.525. The van der Waals surface area contributed by atoms with Crippen molar-refractivity contribution in [2.24, 2.45) is 4.99 Å². The van der Waals surface area contributed by atoms with Crippen LogP contribution in [0.4, 0.5) is 0 Å². The summed E-state index contributed by atoms with van der Waals surface area (Å²) in [5.41, 5.74) is 1.11. The molecule has 5 heteroatoms. The van der Waals surface area contributed by atoms with E-state index in [1.807, 2.05) is 25.4 Å². The van der Waals surface area contributed by atoms with Crippen molar-refractivity contribution in [3.8, 4) is 0 Å². The molecule has 1 atom stereocenters. The van der Waals surface area contributed by atoms with Crippen LogP contribution in [0.3, 0.4) is 0 Å². The van der Waals surface area contributed by atoms with E-state index < -0.39 is 0 Å². The van der Waals surface area contributed by atoms with Gasteiger partial charge < -0.3 is 10.6 Å². The van der Waals surface area contributed by atoms with Gasteiger partial charge in [0.05, 0.1) is 0 Å². The van der Waals surface area contributed by atoms with Gasteiger partial charge in [-0.05, 0) is 31.4 Å². The quantitative estimate of drug-likeness (QED) is 0.643. The summed E-state index contributed by atoms with van der Waals surface area (Å²) in [4.78, 5) is 11.4. The Morgan fingerprint density at radius 2 is 2.17 bits per heavy atom.